The van der Waals surface area contributed by atoms with E-state index in [1.807, 2.05) is 43.3 Å². The van der Waals surface area contributed by atoms with Crippen molar-refractivity contribution >= 4 is 27.3 Å². The Balaban J connectivity index is 1.47. The van der Waals surface area contributed by atoms with Crippen LogP contribution >= 0.6 is 0 Å². The zero-order chi connectivity index (χ0) is 23.4. The summed E-state index contributed by atoms with van der Waals surface area (Å²) >= 11 is 0. The molecule has 7 nitrogen and oxygen atoms in total. The molecule has 0 saturated heterocycles. The molecule has 0 aliphatic carbocycles. The van der Waals surface area contributed by atoms with Crippen LogP contribution in [0, 0.1) is 13.8 Å². The summed E-state index contributed by atoms with van der Waals surface area (Å²) in [5, 5.41) is 7.08. The molecule has 0 aliphatic heterocycles. The molecule has 3 aromatic carbocycles. The number of aryl methyl sites for hydroxylation is 2. The van der Waals surface area contributed by atoms with Gasteiger partial charge in [-0.05, 0) is 66.9 Å². The highest BCUT2D eigenvalue weighted by Crippen LogP contribution is 2.23. The number of carbonyl (C=O) groups excluding carboxylic acids is 1. The SMILES string of the molecule is Cc1cccc(NS(=O)(=O)c2cc(NC(=O)Cc3cnn(-c4ccccc4)c3)ccc2C)c1. The predicted molar refractivity (Wildman–Crippen MR) is 129 cm³/mol. The number of hydrogen-bond acceptors (Lipinski definition) is 4. The van der Waals surface area contributed by atoms with Gasteiger partial charge in [-0.2, -0.15) is 5.10 Å². The van der Waals surface area contributed by atoms with Crippen LogP contribution in [-0.2, 0) is 21.2 Å². The minimum Gasteiger partial charge on any atom is -0.326 e. The number of hydrogen-bond donors (Lipinski definition) is 2. The van der Waals surface area contributed by atoms with Crippen molar-refractivity contribution in [2.24, 2.45) is 0 Å². The number of nitrogens with zero attached hydrogens (tertiary/aromatic N) is 2. The second-order valence-electron chi connectivity index (χ2n) is 7.81. The first-order chi connectivity index (χ1) is 15.8. The zero-order valence-corrected chi connectivity index (χ0v) is 19.1. The summed E-state index contributed by atoms with van der Waals surface area (Å²) in [7, 11) is -3.82. The molecular formula is C25H24N4O3S. The van der Waals surface area contributed by atoms with E-state index in [2.05, 4.69) is 15.1 Å². The molecule has 0 bridgehead atoms. The van der Waals surface area contributed by atoms with E-state index in [0.29, 0.717) is 16.9 Å². The topological polar surface area (TPSA) is 93.1 Å². The van der Waals surface area contributed by atoms with Gasteiger partial charge in [0.25, 0.3) is 10.0 Å². The third kappa shape index (κ3) is 5.48. The van der Waals surface area contributed by atoms with Gasteiger partial charge in [-0.3, -0.25) is 9.52 Å². The van der Waals surface area contributed by atoms with Crippen LogP contribution in [0.4, 0.5) is 11.4 Å². The Morgan fingerprint density at radius 2 is 1.73 bits per heavy atom. The standard InChI is InChI=1S/C25H24N4O3S/c1-18-7-6-8-22(13-18)28-33(31,32)24-15-21(12-11-19(24)2)27-25(30)14-20-16-26-29(17-20)23-9-4-3-5-10-23/h3-13,15-17,28H,14H2,1-2H3,(H,27,30). The summed E-state index contributed by atoms with van der Waals surface area (Å²) in [6.07, 6.45) is 3.55. The normalized spacial score (nSPS) is 11.2. The third-order valence-corrected chi connectivity index (χ3v) is 6.58. The Bertz CT molecular complexity index is 1400. The van der Waals surface area contributed by atoms with Gasteiger partial charge in [0.2, 0.25) is 5.91 Å². The van der Waals surface area contributed by atoms with E-state index in [1.165, 1.54) is 6.07 Å². The second kappa shape index (κ2) is 9.30. The lowest BCUT2D eigenvalue weighted by Crippen LogP contribution is -2.17. The molecule has 8 heteroatoms. The highest BCUT2D eigenvalue weighted by Gasteiger charge is 2.18. The molecule has 4 aromatic rings. The van der Waals surface area contributed by atoms with Gasteiger partial charge >= 0.3 is 0 Å². The maximum Gasteiger partial charge on any atom is 0.262 e. The fourth-order valence-corrected chi connectivity index (χ4v) is 4.77. The van der Waals surface area contributed by atoms with Gasteiger partial charge in [-0.15, -0.1) is 0 Å². The number of aromatic nitrogens is 2. The van der Waals surface area contributed by atoms with Crippen molar-refractivity contribution in [1.82, 2.24) is 9.78 Å². The summed E-state index contributed by atoms with van der Waals surface area (Å²) in [5.41, 5.74) is 4.07. The molecule has 0 saturated carbocycles. The minimum atomic E-state index is -3.82. The number of amides is 1. The van der Waals surface area contributed by atoms with Crippen LogP contribution in [0.25, 0.3) is 5.69 Å². The van der Waals surface area contributed by atoms with Crippen molar-refractivity contribution in [2.45, 2.75) is 25.2 Å². The molecule has 0 fully saturated rings. The van der Waals surface area contributed by atoms with Crippen LogP contribution in [0.1, 0.15) is 16.7 Å². The van der Waals surface area contributed by atoms with E-state index in [0.717, 1.165) is 16.8 Å². The van der Waals surface area contributed by atoms with Crippen LogP contribution in [-0.4, -0.2) is 24.1 Å². The van der Waals surface area contributed by atoms with Crippen molar-refractivity contribution in [1.29, 1.82) is 0 Å². The van der Waals surface area contributed by atoms with Gasteiger partial charge in [0.15, 0.2) is 0 Å². The highest BCUT2D eigenvalue weighted by atomic mass is 32.2. The van der Waals surface area contributed by atoms with Crippen molar-refractivity contribution in [2.75, 3.05) is 10.0 Å². The first-order valence-electron chi connectivity index (χ1n) is 10.4. The molecule has 0 atom stereocenters. The number of anilines is 2. The maximum atomic E-state index is 13.0. The van der Waals surface area contributed by atoms with Crippen LogP contribution in [0.15, 0.2) is 90.1 Å². The molecule has 0 spiro atoms. The molecule has 1 aromatic heterocycles. The molecule has 0 unspecified atom stereocenters. The number of rotatable bonds is 7. The van der Waals surface area contributed by atoms with Crippen molar-refractivity contribution in [3.63, 3.8) is 0 Å². The van der Waals surface area contributed by atoms with E-state index in [-0.39, 0.29) is 17.2 Å². The summed E-state index contributed by atoms with van der Waals surface area (Å²) in [6.45, 7) is 3.61. The molecule has 0 aliphatic rings. The number of sulfonamides is 1. The number of nitrogens with one attached hydrogen (secondary N) is 2. The molecule has 1 amide bonds. The van der Waals surface area contributed by atoms with Crippen molar-refractivity contribution in [3.8, 4) is 5.69 Å². The summed E-state index contributed by atoms with van der Waals surface area (Å²) in [4.78, 5) is 12.7. The average Bonchev–Trinajstić information content (AvgIpc) is 3.23. The fraction of sp³-hybridized carbons (Fsp3) is 0.120. The zero-order valence-electron chi connectivity index (χ0n) is 18.3. The molecule has 2 N–H and O–H groups in total. The van der Waals surface area contributed by atoms with Gasteiger partial charge in [0.05, 0.1) is 23.2 Å². The van der Waals surface area contributed by atoms with Gasteiger partial charge in [-0.1, -0.05) is 36.4 Å². The van der Waals surface area contributed by atoms with E-state index in [4.69, 9.17) is 0 Å². The maximum absolute atomic E-state index is 13.0. The van der Waals surface area contributed by atoms with Crippen LogP contribution in [0.3, 0.4) is 0 Å². The second-order valence-corrected chi connectivity index (χ2v) is 9.46. The third-order valence-electron chi connectivity index (χ3n) is 5.05. The first kappa shape index (κ1) is 22.3. The van der Waals surface area contributed by atoms with E-state index in [1.54, 1.807) is 54.3 Å². The lowest BCUT2D eigenvalue weighted by molar-refractivity contribution is -0.115. The van der Waals surface area contributed by atoms with E-state index in [9.17, 15) is 13.2 Å². The average molecular weight is 461 g/mol. The van der Waals surface area contributed by atoms with Crippen LogP contribution < -0.4 is 10.0 Å². The largest absolute Gasteiger partial charge is 0.326 e. The lowest BCUT2D eigenvalue weighted by atomic mass is 10.2. The summed E-state index contributed by atoms with van der Waals surface area (Å²) < 4.78 is 30.2. The van der Waals surface area contributed by atoms with Gasteiger partial charge in [0.1, 0.15) is 0 Å². The fourth-order valence-electron chi connectivity index (χ4n) is 3.45. The molecular weight excluding hydrogens is 436 g/mol. The Labute approximate surface area is 193 Å². The summed E-state index contributed by atoms with van der Waals surface area (Å²) in [5.74, 6) is -0.263. The Kier molecular flexibility index (Phi) is 6.28. The number of benzene rings is 3. The summed E-state index contributed by atoms with van der Waals surface area (Å²) in [6, 6.07) is 21.6. The van der Waals surface area contributed by atoms with Gasteiger partial charge in [0, 0.05) is 17.6 Å². The Hall–Kier alpha value is -3.91. The van der Waals surface area contributed by atoms with Gasteiger partial charge in [-0.25, -0.2) is 13.1 Å². The molecule has 4 rings (SSSR count). The lowest BCUT2D eigenvalue weighted by Gasteiger charge is -2.13. The molecule has 0 radical (unpaired) electrons. The first-order valence-corrected chi connectivity index (χ1v) is 11.9. The number of para-hydroxylation sites is 1. The monoisotopic (exact) mass is 460 g/mol. The van der Waals surface area contributed by atoms with E-state index >= 15 is 0 Å². The molecule has 1 heterocycles. The van der Waals surface area contributed by atoms with Crippen molar-refractivity contribution in [3.05, 3.63) is 102 Å². The smallest absolute Gasteiger partial charge is 0.262 e. The van der Waals surface area contributed by atoms with Crippen LogP contribution in [0.5, 0.6) is 0 Å². The van der Waals surface area contributed by atoms with Crippen LogP contribution in [0.2, 0.25) is 0 Å². The minimum absolute atomic E-state index is 0.110. The van der Waals surface area contributed by atoms with Crippen molar-refractivity contribution < 1.29 is 13.2 Å². The highest BCUT2D eigenvalue weighted by molar-refractivity contribution is 7.92. The molecule has 33 heavy (non-hydrogen) atoms. The number of carbonyl (C=O) groups is 1. The van der Waals surface area contributed by atoms with Gasteiger partial charge < -0.3 is 5.32 Å². The Morgan fingerprint density at radius 1 is 0.939 bits per heavy atom. The quantitative estimate of drug-likeness (QED) is 0.426. The molecule has 168 valence electrons. The predicted octanol–water partition coefficient (Wildman–Crippen LogP) is 4.47. The van der Waals surface area contributed by atoms with E-state index < -0.39 is 10.0 Å². The Morgan fingerprint density at radius 3 is 2.48 bits per heavy atom.